The molecule has 160 valence electrons. The number of hydrogen-bond acceptors (Lipinski definition) is 8. The molecular weight excluding hydrogens is 400 g/mol. The second kappa shape index (κ2) is 8.98. The number of halogens is 2. The number of nitrogens with zero attached hydrogens (tertiary/aromatic N) is 4. The number of aromatic amines is 1. The Kier molecular flexibility index (Phi) is 6.62. The molecule has 1 aromatic rings. The predicted octanol–water partition coefficient (Wildman–Crippen LogP) is -0.726. The number of azide groups is 1. The molecule has 2 fully saturated rings. The van der Waals surface area contributed by atoms with Crippen LogP contribution in [0.1, 0.15) is 12.6 Å². The number of aliphatic hydroxyl groups excluding tert-OH is 2. The van der Waals surface area contributed by atoms with Crippen molar-refractivity contribution >= 4 is 0 Å². The van der Waals surface area contributed by atoms with Crippen molar-refractivity contribution in [3.8, 4) is 0 Å². The molecule has 3 heterocycles. The largest absolute Gasteiger partial charge is 0.394 e. The number of alkyl halides is 2. The summed E-state index contributed by atoms with van der Waals surface area (Å²) in [5.74, 6) is 0. The van der Waals surface area contributed by atoms with Gasteiger partial charge in [0, 0.05) is 23.6 Å². The number of H-pyrrole nitrogens is 1. The van der Waals surface area contributed by atoms with Gasteiger partial charge < -0.3 is 24.4 Å². The fourth-order valence-electron chi connectivity index (χ4n) is 3.25. The molecule has 12 nitrogen and oxygen atoms in total. The molecular formula is C15H19F2N5O7. The summed E-state index contributed by atoms with van der Waals surface area (Å²) in [4.78, 5) is 27.6. The quantitative estimate of drug-likeness (QED) is 0.297. The molecule has 2 aliphatic rings. The minimum Gasteiger partial charge on any atom is -0.394 e. The first-order valence-corrected chi connectivity index (χ1v) is 8.71. The highest BCUT2D eigenvalue weighted by molar-refractivity contribution is 4.93. The molecule has 0 radical (unpaired) electrons. The van der Waals surface area contributed by atoms with Crippen molar-refractivity contribution in [1.29, 1.82) is 0 Å². The number of aliphatic hydroxyl groups is 2. The first-order valence-electron chi connectivity index (χ1n) is 8.71. The maximum atomic E-state index is 14.5. The number of hydrogen-bond donors (Lipinski definition) is 3. The van der Waals surface area contributed by atoms with Gasteiger partial charge in [-0.05, 0) is 5.53 Å². The van der Waals surface area contributed by atoms with Gasteiger partial charge in [-0.15, -0.1) is 0 Å². The molecule has 8 atom stereocenters. The van der Waals surface area contributed by atoms with Gasteiger partial charge in [-0.3, -0.25) is 14.3 Å². The normalized spacial score (nSPS) is 35.4. The average molecular weight is 419 g/mol. The van der Waals surface area contributed by atoms with E-state index in [9.17, 15) is 23.5 Å². The maximum absolute atomic E-state index is 14.5. The molecule has 3 N–H and O–H groups in total. The van der Waals surface area contributed by atoms with Gasteiger partial charge in [-0.2, -0.15) is 0 Å². The van der Waals surface area contributed by atoms with Crippen LogP contribution in [0.15, 0.2) is 27.0 Å². The van der Waals surface area contributed by atoms with Crippen molar-refractivity contribution in [2.45, 2.75) is 55.7 Å². The fourth-order valence-corrected chi connectivity index (χ4v) is 3.25. The molecule has 0 bridgehead atoms. The Bertz CT molecular complexity index is 875. The summed E-state index contributed by atoms with van der Waals surface area (Å²) in [7, 11) is 0. The van der Waals surface area contributed by atoms with Gasteiger partial charge in [0.15, 0.2) is 18.7 Å². The summed E-state index contributed by atoms with van der Waals surface area (Å²) >= 11 is 0. The Labute approximate surface area is 161 Å². The summed E-state index contributed by atoms with van der Waals surface area (Å²) in [5.41, 5.74) is 7.03. The average Bonchev–Trinajstić information content (AvgIpc) is 3.19. The van der Waals surface area contributed by atoms with Gasteiger partial charge in [-0.1, -0.05) is 5.11 Å². The van der Waals surface area contributed by atoms with Crippen molar-refractivity contribution in [2.75, 3.05) is 13.2 Å². The van der Waals surface area contributed by atoms with Crippen molar-refractivity contribution in [3.63, 3.8) is 0 Å². The van der Waals surface area contributed by atoms with Gasteiger partial charge in [-0.25, -0.2) is 13.6 Å². The van der Waals surface area contributed by atoms with Crippen LogP contribution < -0.4 is 11.2 Å². The van der Waals surface area contributed by atoms with E-state index in [4.69, 9.17) is 24.8 Å². The van der Waals surface area contributed by atoms with E-state index in [1.165, 1.54) is 0 Å². The summed E-state index contributed by atoms with van der Waals surface area (Å²) in [6.07, 6.45) is -10.9. The zero-order valence-electron chi connectivity index (χ0n) is 14.9. The van der Waals surface area contributed by atoms with Crippen LogP contribution >= 0.6 is 0 Å². The zero-order chi connectivity index (χ0) is 21.1. The SMILES string of the molecule is [N-]=[N+]=NC[C@@H](O[C@@H]1O[C@H](CO)[C@@H](O)[C@@H]1F)[C@@H]1C[C@@H](F)[C@H](n2ccc(=O)[nH]c2=O)O1. The Balaban J connectivity index is 1.76. The molecule has 1 aromatic heterocycles. The lowest BCUT2D eigenvalue weighted by Crippen LogP contribution is -2.39. The molecule has 0 aromatic carbocycles. The lowest BCUT2D eigenvalue weighted by Gasteiger charge is -2.26. The summed E-state index contributed by atoms with van der Waals surface area (Å²) in [6.45, 7) is -1.01. The van der Waals surface area contributed by atoms with Gasteiger partial charge in [0.2, 0.25) is 0 Å². The smallest absolute Gasteiger partial charge is 0.330 e. The summed E-state index contributed by atoms with van der Waals surface area (Å²) < 4.78 is 45.6. The highest BCUT2D eigenvalue weighted by atomic mass is 19.1. The van der Waals surface area contributed by atoms with Crippen molar-refractivity contribution in [3.05, 3.63) is 43.5 Å². The van der Waals surface area contributed by atoms with Crippen LogP contribution in [0, 0.1) is 0 Å². The number of aromatic nitrogens is 2. The van der Waals surface area contributed by atoms with E-state index in [0.29, 0.717) is 0 Å². The second-order valence-electron chi connectivity index (χ2n) is 6.58. The van der Waals surface area contributed by atoms with E-state index < -0.39 is 67.1 Å². The van der Waals surface area contributed by atoms with Gasteiger partial charge in [0.1, 0.15) is 18.4 Å². The molecule has 29 heavy (non-hydrogen) atoms. The third-order valence-corrected chi connectivity index (χ3v) is 4.71. The van der Waals surface area contributed by atoms with Crippen LogP contribution in [0.2, 0.25) is 0 Å². The first-order chi connectivity index (χ1) is 13.8. The maximum Gasteiger partial charge on any atom is 0.330 e. The highest BCUT2D eigenvalue weighted by Crippen LogP contribution is 2.35. The molecule has 14 heteroatoms. The van der Waals surface area contributed by atoms with E-state index in [-0.39, 0.29) is 13.0 Å². The summed E-state index contributed by atoms with van der Waals surface area (Å²) in [6, 6.07) is 1.02. The number of nitrogens with one attached hydrogen (secondary N) is 1. The van der Waals surface area contributed by atoms with Gasteiger partial charge in [0.25, 0.3) is 5.56 Å². The lowest BCUT2D eigenvalue weighted by molar-refractivity contribution is -0.206. The Morgan fingerprint density at radius 2 is 2.21 bits per heavy atom. The van der Waals surface area contributed by atoms with Crippen molar-refractivity contribution in [1.82, 2.24) is 9.55 Å². The van der Waals surface area contributed by atoms with Crippen molar-refractivity contribution in [2.24, 2.45) is 5.11 Å². The zero-order valence-corrected chi connectivity index (χ0v) is 14.9. The monoisotopic (exact) mass is 419 g/mol. The number of rotatable bonds is 7. The highest BCUT2D eigenvalue weighted by Gasteiger charge is 2.48. The second-order valence-corrected chi connectivity index (χ2v) is 6.58. The molecule has 0 aliphatic carbocycles. The fraction of sp³-hybridized carbons (Fsp3) is 0.733. The van der Waals surface area contributed by atoms with Gasteiger partial charge in [0.05, 0.1) is 25.4 Å². The van der Waals surface area contributed by atoms with Crippen LogP contribution in [0.4, 0.5) is 8.78 Å². The van der Waals surface area contributed by atoms with Crippen LogP contribution in [-0.2, 0) is 14.2 Å². The van der Waals surface area contributed by atoms with Crippen LogP contribution in [0.25, 0.3) is 10.4 Å². The van der Waals surface area contributed by atoms with Crippen LogP contribution in [0.5, 0.6) is 0 Å². The standard InChI is InChI=1S/C15H19F2N5O7/c16-6-3-7(27-13(6)22-2-1-10(24)20-15(22)26)8(4-19-21-18)28-14-11(17)12(25)9(5-23)29-14/h1-2,6-9,11-14,23,25H,3-5H2,(H,20,24,26)/t6-,7+,8-,9-,11+,12-,13-,14-/m1/s1. The van der Waals surface area contributed by atoms with Crippen molar-refractivity contribution < 1.29 is 33.2 Å². The van der Waals surface area contributed by atoms with E-state index in [1.807, 2.05) is 4.98 Å². The topological polar surface area (TPSA) is 172 Å². The van der Waals surface area contributed by atoms with E-state index >= 15 is 0 Å². The van der Waals surface area contributed by atoms with E-state index in [2.05, 4.69) is 10.0 Å². The number of ether oxygens (including phenoxy) is 3. The van der Waals surface area contributed by atoms with E-state index in [1.54, 1.807) is 0 Å². The lowest BCUT2D eigenvalue weighted by atomic mass is 10.1. The Morgan fingerprint density at radius 3 is 2.83 bits per heavy atom. The van der Waals surface area contributed by atoms with Gasteiger partial charge >= 0.3 is 5.69 Å². The molecule has 2 saturated heterocycles. The van der Waals surface area contributed by atoms with Crippen LogP contribution in [0.3, 0.4) is 0 Å². The Morgan fingerprint density at radius 1 is 1.45 bits per heavy atom. The minimum absolute atomic E-state index is 0.280. The molecule has 0 amide bonds. The molecule has 3 rings (SSSR count). The van der Waals surface area contributed by atoms with E-state index in [0.717, 1.165) is 16.8 Å². The molecule has 0 unspecified atom stereocenters. The Hall–Kier alpha value is -2.35. The first kappa shape index (κ1) is 21.4. The third-order valence-electron chi connectivity index (χ3n) is 4.71. The predicted molar refractivity (Wildman–Crippen MR) is 90.3 cm³/mol. The third kappa shape index (κ3) is 4.47. The van der Waals surface area contributed by atoms with Crippen LogP contribution in [-0.4, -0.2) is 76.0 Å². The molecule has 0 saturated carbocycles. The molecule has 2 aliphatic heterocycles. The molecule has 0 spiro atoms. The minimum atomic E-state index is -2.00. The summed E-state index contributed by atoms with van der Waals surface area (Å²) in [5, 5.41) is 22.1.